The number of piperidine rings is 1. The highest BCUT2D eigenvalue weighted by Gasteiger charge is 2.15. The molecular formula is C18H29N3. The Hall–Kier alpha value is -1.22. The van der Waals surface area contributed by atoms with Gasteiger partial charge in [-0.15, -0.1) is 0 Å². The molecule has 2 N–H and O–H groups in total. The van der Waals surface area contributed by atoms with Gasteiger partial charge in [-0.05, 0) is 75.9 Å². The minimum atomic E-state index is 0.965. The fourth-order valence-electron chi connectivity index (χ4n) is 3.70. The zero-order valence-corrected chi connectivity index (χ0v) is 13.2. The third-order valence-electron chi connectivity index (χ3n) is 4.93. The molecule has 0 spiro atoms. The Morgan fingerprint density at radius 1 is 0.905 bits per heavy atom. The van der Waals surface area contributed by atoms with Crippen molar-refractivity contribution in [2.75, 3.05) is 43.4 Å². The first-order chi connectivity index (χ1) is 10.3. The van der Waals surface area contributed by atoms with Crippen LogP contribution in [-0.4, -0.2) is 37.6 Å². The lowest BCUT2D eigenvalue weighted by Crippen LogP contribution is -2.30. The van der Waals surface area contributed by atoms with E-state index in [1.165, 1.54) is 82.5 Å². The Bertz CT molecular complexity index is 446. The van der Waals surface area contributed by atoms with Gasteiger partial charge in [0.05, 0.1) is 11.4 Å². The zero-order chi connectivity index (χ0) is 14.5. The van der Waals surface area contributed by atoms with Crippen LogP contribution in [0.3, 0.4) is 0 Å². The second-order valence-corrected chi connectivity index (χ2v) is 6.59. The molecule has 2 fully saturated rings. The Kier molecular flexibility index (Phi) is 5.02. The van der Waals surface area contributed by atoms with E-state index in [4.69, 9.17) is 5.73 Å². The van der Waals surface area contributed by atoms with Gasteiger partial charge >= 0.3 is 0 Å². The summed E-state index contributed by atoms with van der Waals surface area (Å²) < 4.78 is 0. The Balaban J connectivity index is 1.50. The zero-order valence-electron chi connectivity index (χ0n) is 13.2. The number of nitrogen functional groups attached to an aromatic ring is 1. The first-order valence-electron chi connectivity index (χ1n) is 8.69. The van der Waals surface area contributed by atoms with Crippen molar-refractivity contribution in [1.29, 1.82) is 0 Å². The summed E-state index contributed by atoms with van der Waals surface area (Å²) in [5.74, 6) is 0. The van der Waals surface area contributed by atoms with E-state index in [0.717, 1.165) is 12.1 Å². The van der Waals surface area contributed by atoms with Crippen molar-refractivity contribution >= 4 is 11.4 Å². The van der Waals surface area contributed by atoms with Gasteiger partial charge in [0.1, 0.15) is 0 Å². The lowest BCUT2D eigenvalue weighted by atomic mass is 10.1. The van der Waals surface area contributed by atoms with Crippen LogP contribution in [-0.2, 0) is 6.42 Å². The second kappa shape index (κ2) is 7.17. The predicted octanol–water partition coefficient (Wildman–Crippen LogP) is 3.29. The molecule has 0 unspecified atom stereocenters. The van der Waals surface area contributed by atoms with Gasteiger partial charge in [0, 0.05) is 13.1 Å². The Morgan fingerprint density at radius 3 is 2.33 bits per heavy atom. The number of hydrogen-bond acceptors (Lipinski definition) is 3. The lowest BCUT2D eigenvalue weighted by Gasteiger charge is -2.26. The molecule has 1 aromatic rings. The van der Waals surface area contributed by atoms with Crippen molar-refractivity contribution in [2.45, 2.75) is 44.9 Å². The number of nitrogens with two attached hydrogens (primary N) is 1. The molecule has 116 valence electrons. The average Bonchev–Trinajstić information content (AvgIpc) is 3.02. The standard InChI is InChI=1S/C18H29N3/c19-17-15-16(7-6-12-20-10-2-1-3-11-20)8-9-18(17)21-13-4-5-14-21/h8-9,15H,1-7,10-14,19H2. The van der Waals surface area contributed by atoms with Gasteiger partial charge in [0.25, 0.3) is 0 Å². The van der Waals surface area contributed by atoms with Gasteiger partial charge in [0.15, 0.2) is 0 Å². The number of hydrogen-bond donors (Lipinski definition) is 1. The molecule has 0 aromatic heterocycles. The number of anilines is 2. The quantitative estimate of drug-likeness (QED) is 0.844. The fourth-order valence-corrected chi connectivity index (χ4v) is 3.70. The van der Waals surface area contributed by atoms with E-state index in [2.05, 4.69) is 28.0 Å². The van der Waals surface area contributed by atoms with Crippen LogP contribution in [0, 0.1) is 0 Å². The number of likely N-dealkylation sites (tertiary alicyclic amines) is 1. The molecule has 0 aliphatic carbocycles. The van der Waals surface area contributed by atoms with Crippen LogP contribution < -0.4 is 10.6 Å². The molecule has 0 saturated carbocycles. The summed E-state index contributed by atoms with van der Waals surface area (Å²) in [6, 6.07) is 6.71. The van der Waals surface area contributed by atoms with E-state index >= 15 is 0 Å². The molecule has 0 radical (unpaired) electrons. The first-order valence-corrected chi connectivity index (χ1v) is 8.69. The maximum atomic E-state index is 6.26. The van der Waals surface area contributed by atoms with Crippen LogP contribution in [0.4, 0.5) is 11.4 Å². The summed E-state index contributed by atoms with van der Waals surface area (Å²) in [6.07, 6.45) is 9.21. The van der Waals surface area contributed by atoms with Crippen LogP contribution in [0.2, 0.25) is 0 Å². The average molecular weight is 287 g/mol. The molecule has 3 heteroatoms. The molecule has 21 heavy (non-hydrogen) atoms. The summed E-state index contributed by atoms with van der Waals surface area (Å²) in [7, 11) is 0. The molecule has 0 bridgehead atoms. The molecule has 0 amide bonds. The van der Waals surface area contributed by atoms with E-state index in [1.54, 1.807) is 0 Å². The normalized spacial score (nSPS) is 20.1. The van der Waals surface area contributed by atoms with E-state index < -0.39 is 0 Å². The molecular weight excluding hydrogens is 258 g/mol. The van der Waals surface area contributed by atoms with Crippen molar-refractivity contribution in [1.82, 2.24) is 4.90 Å². The molecule has 2 aliphatic heterocycles. The Morgan fingerprint density at radius 2 is 1.62 bits per heavy atom. The molecule has 3 nitrogen and oxygen atoms in total. The molecule has 2 aliphatic rings. The van der Waals surface area contributed by atoms with Crippen LogP contribution in [0.1, 0.15) is 44.1 Å². The molecule has 2 heterocycles. The summed E-state index contributed by atoms with van der Waals surface area (Å²) in [5, 5.41) is 0. The van der Waals surface area contributed by atoms with Crippen molar-refractivity contribution in [3.8, 4) is 0 Å². The van der Waals surface area contributed by atoms with E-state index in [0.29, 0.717) is 0 Å². The number of benzene rings is 1. The highest BCUT2D eigenvalue weighted by atomic mass is 15.2. The van der Waals surface area contributed by atoms with Crippen molar-refractivity contribution in [3.05, 3.63) is 23.8 Å². The highest BCUT2D eigenvalue weighted by Crippen LogP contribution is 2.28. The maximum absolute atomic E-state index is 6.26. The molecule has 3 rings (SSSR count). The third-order valence-corrected chi connectivity index (χ3v) is 4.93. The minimum Gasteiger partial charge on any atom is -0.397 e. The van der Waals surface area contributed by atoms with Crippen molar-refractivity contribution in [2.24, 2.45) is 0 Å². The lowest BCUT2D eigenvalue weighted by molar-refractivity contribution is 0.226. The van der Waals surface area contributed by atoms with E-state index in [-0.39, 0.29) is 0 Å². The van der Waals surface area contributed by atoms with Gasteiger partial charge in [-0.2, -0.15) is 0 Å². The molecule has 1 aromatic carbocycles. The first kappa shape index (κ1) is 14.7. The van der Waals surface area contributed by atoms with E-state index in [1.807, 2.05) is 0 Å². The molecule has 0 atom stereocenters. The second-order valence-electron chi connectivity index (χ2n) is 6.59. The summed E-state index contributed by atoms with van der Waals surface area (Å²) in [5.41, 5.74) is 9.87. The van der Waals surface area contributed by atoms with Gasteiger partial charge in [-0.1, -0.05) is 12.5 Å². The SMILES string of the molecule is Nc1cc(CCCN2CCCCC2)ccc1N1CCCC1. The number of nitrogens with zero attached hydrogens (tertiary/aromatic N) is 2. The summed E-state index contributed by atoms with van der Waals surface area (Å²) in [6.45, 7) is 6.18. The van der Waals surface area contributed by atoms with Crippen LogP contribution in [0.15, 0.2) is 18.2 Å². The summed E-state index contributed by atoms with van der Waals surface area (Å²) in [4.78, 5) is 5.04. The number of aryl methyl sites for hydroxylation is 1. The third kappa shape index (κ3) is 3.91. The van der Waals surface area contributed by atoms with Gasteiger partial charge in [0.2, 0.25) is 0 Å². The van der Waals surface area contributed by atoms with Gasteiger partial charge in [-0.25, -0.2) is 0 Å². The minimum absolute atomic E-state index is 0.965. The summed E-state index contributed by atoms with van der Waals surface area (Å²) >= 11 is 0. The monoisotopic (exact) mass is 287 g/mol. The van der Waals surface area contributed by atoms with Crippen molar-refractivity contribution < 1.29 is 0 Å². The van der Waals surface area contributed by atoms with Crippen molar-refractivity contribution in [3.63, 3.8) is 0 Å². The highest BCUT2D eigenvalue weighted by molar-refractivity contribution is 5.68. The smallest absolute Gasteiger partial charge is 0.0600 e. The number of rotatable bonds is 5. The maximum Gasteiger partial charge on any atom is 0.0600 e. The predicted molar refractivity (Wildman–Crippen MR) is 90.9 cm³/mol. The Labute approximate surface area is 129 Å². The van der Waals surface area contributed by atoms with Crippen LogP contribution in [0.25, 0.3) is 0 Å². The van der Waals surface area contributed by atoms with Crippen LogP contribution in [0.5, 0.6) is 0 Å². The fraction of sp³-hybridized carbons (Fsp3) is 0.667. The van der Waals surface area contributed by atoms with Crippen LogP contribution >= 0.6 is 0 Å². The van der Waals surface area contributed by atoms with Gasteiger partial charge in [-0.3, -0.25) is 0 Å². The van der Waals surface area contributed by atoms with Gasteiger partial charge < -0.3 is 15.5 Å². The largest absolute Gasteiger partial charge is 0.397 e. The van der Waals surface area contributed by atoms with E-state index in [9.17, 15) is 0 Å². The topological polar surface area (TPSA) is 32.5 Å². The molecule has 2 saturated heterocycles.